The molecule has 5 heteroatoms. The van der Waals surface area contributed by atoms with E-state index < -0.39 is 0 Å². The molecule has 2 aromatic rings. The van der Waals surface area contributed by atoms with Crippen molar-refractivity contribution in [3.05, 3.63) is 48.0 Å². The minimum atomic E-state index is -0.0857. The van der Waals surface area contributed by atoms with Crippen molar-refractivity contribution in [1.29, 1.82) is 0 Å². The summed E-state index contributed by atoms with van der Waals surface area (Å²) in [7, 11) is 1.57. The Morgan fingerprint density at radius 2 is 1.95 bits per heavy atom. The van der Waals surface area contributed by atoms with Crippen LogP contribution in [-0.4, -0.2) is 18.8 Å². The standard InChI is InChI=1S/C16H18N2O2S/c1-11-3-6-13(7-4-11)21-10-16(19)18-15-8-5-12(20-2)9-14(15)17/h3-9H,10,17H2,1-2H3,(H,18,19). The second kappa shape index (κ2) is 7.04. The Balaban J connectivity index is 1.91. The average molecular weight is 302 g/mol. The number of nitrogens with two attached hydrogens (primary N) is 1. The first-order valence-corrected chi connectivity index (χ1v) is 7.50. The van der Waals surface area contributed by atoms with Crippen LogP contribution >= 0.6 is 11.8 Å². The SMILES string of the molecule is COc1ccc(NC(=O)CSc2ccc(C)cc2)c(N)c1. The number of anilines is 2. The van der Waals surface area contributed by atoms with Crippen LogP contribution in [0.2, 0.25) is 0 Å². The Kier molecular flexibility index (Phi) is 5.11. The van der Waals surface area contributed by atoms with Gasteiger partial charge in [-0.1, -0.05) is 17.7 Å². The van der Waals surface area contributed by atoms with Crippen molar-refractivity contribution in [2.45, 2.75) is 11.8 Å². The molecule has 0 heterocycles. The number of amides is 1. The van der Waals surface area contributed by atoms with Crippen LogP contribution in [-0.2, 0) is 4.79 Å². The van der Waals surface area contributed by atoms with Gasteiger partial charge in [0.05, 0.1) is 24.2 Å². The van der Waals surface area contributed by atoms with E-state index in [9.17, 15) is 4.79 Å². The molecular formula is C16H18N2O2S. The van der Waals surface area contributed by atoms with Gasteiger partial charge in [-0.2, -0.15) is 0 Å². The maximum Gasteiger partial charge on any atom is 0.234 e. The summed E-state index contributed by atoms with van der Waals surface area (Å²) in [4.78, 5) is 13.0. The lowest BCUT2D eigenvalue weighted by Crippen LogP contribution is -2.15. The molecule has 2 rings (SSSR count). The Morgan fingerprint density at radius 3 is 2.57 bits per heavy atom. The molecule has 0 aliphatic heterocycles. The summed E-state index contributed by atoms with van der Waals surface area (Å²) in [6.07, 6.45) is 0. The highest BCUT2D eigenvalue weighted by atomic mass is 32.2. The van der Waals surface area contributed by atoms with Crippen LogP contribution in [0, 0.1) is 6.92 Å². The van der Waals surface area contributed by atoms with E-state index in [0.717, 1.165) is 4.90 Å². The number of thioether (sulfide) groups is 1. The highest BCUT2D eigenvalue weighted by Gasteiger charge is 2.07. The zero-order valence-electron chi connectivity index (χ0n) is 12.1. The van der Waals surface area contributed by atoms with Crippen molar-refractivity contribution < 1.29 is 9.53 Å². The normalized spacial score (nSPS) is 10.2. The van der Waals surface area contributed by atoms with Crippen LogP contribution in [0.25, 0.3) is 0 Å². The van der Waals surface area contributed by atoms with Crippen molar-refractivity contribution in [1.82, 2.24) is 0 Å². The molecule has 0 saturated carbocycles. The van der Waals surface area contributed by atoms with Crippen molar-refractivity contribution >= 4 is 29.0 Å². The van der Waals surface area contributed by atoms with Crippen LogP contribution in [0.5, 0.6) is 5.75 Å². The van der Waals surface area contributed by atoms with Gasteiger partial charge in [-0.15, -0.1) is 11.8 Å². The number of benzene rings is 2. The fourth-order valence-electron chi connectivity index (χ4n) is 1.75. The van der Waals surface area contributed by atoms with Crippen LogP contribution in [0.4, 0.5) is 11.4 Å². The Morgan fingerprint density at radius 1 is 1.24 bits per heavy atom. The van der Waals surface area contributed by atoms with E-state index in [2.05, 4.69) is 5.32 Å². The molecule has 0 aliphatic carbocycles. The monoisotopic (exact) mass is 302 g/mol. The number of rotatable bonds is 5. The van der Waals surface area contributed by atoms with Gasteiger partial charge >= 0.3 is 0 Å². The molecule has 2 aromatic carbocycles. The first-order chi connectivity index (χ1) is 10.1. The maximum atomic E-state index is 11.9. The molecule has 110 valence electrons. The minimum absolute atomic E-state index is 0.0857. The lowest BCUT2D eigenvalue weighted by Gasteiger charge is -2.09. The zero-order chi connectivity index (χ0) is 15.2. The molecular weight excluding hydrogens is 284 g/mol. The smallest absolute Gasteiger partial charge is 0.234 e. The molecule has 0 aromatic heterocycles. The topological polar surface area (TPSA) is 64.3 Å². The molecule has 0 aliphatic rings. The summed E-state index contributed by atoms with van der Waals surface area (Å²) in [5.41, 5.74) is 8.16. The van der Waals surface area contributed by atoms with E-state index in [-0.39, 0.29) is 5.91 Å². The summed E-state index contributed by atoms with van der Waals surface area (Å²) >= 11 is 1.49. The van der Waals surface area contributed by atoms with E-state index in [4.69, 9.17) is 10.5 Å². The Bertz CT molecular complexity index is 627. The predicted octanol–water partition coefficient (Wildman–Crippen LogP) is 3.32. The summed E-state index contributed by atoms with van der Waals surface area (Å²) < 4.78 is 5.07. The van der Waals surface area contributed by atoms with Gasteiger partial charge in [0.2, 0.25) is 5.91 Å². The fraction of sp³-hybridized carbons (Fsp3) is 0.188. The third-order valence-electron chi connectivity index (χ3n) is 2.92. The second-order valence-corrected chi connectivity index (χ2v) is 5.65. The van der Waals surface area contributed by atoms with E-state index in [0.29, 0.717) is 22.9 Å². The van der Waals surface area contributed by atoms with E-state index in [1.807, 2.05) is 31.2 Å². The third kappa shape index (κ3) is 4.43. The van der Waals surface area contributed by atoms with Gasteiger partial charge in [0.1, 0.15) is 5.75 Å². The van der Waals surface area contributed by atoms with Crippen molar-refractivity contribution in [2.24, 2.45) is 0 Å². The first kappa shape index (κ1) is 15.3. The predicted molar refractivity (Wildman–Crippen MR) is 87.9 cm³/mol. The number of ether oxygens (including phenoxy) is 1. The summed E-state index contributed by atoms with van der Waals surface area (Å²) in [6, 6.07) is 13.3. The van der Waals surface area contributed by atoms with Crippen LogP contribution in [0.1, 0.15) is 5.56 Å². The lowest BCUT2D eigenvalue weighted by molar-refractivity contribution is -0.113. The number of nitrogens with one attached hydrogen (secondary N) is 1. The fourth-order valence-corrected chi connectivity index (χ4v) is 2.45. The molecule has 0 fully saturated rings. The molecule has 0 unspecified atom stereocenters. The third-order valence-corrected chi connectivity index (χ3v) is 3.94. The van der Waals surface area contributed by atoms with Crippen molar-refractivity contribution in [3.8, 4) is 5.75 Å². The molecule has 0 radical (unpaired) electrons. The van der Waals surface area contributed by atoms with Crippen LogP contribution < -0.4 is 15.8 Å². The largest absolute Gasteiger partial charge is 0.497 e. The molecule has 0 spiro atoms. The van der Waals surface area contributed by atoms with Gasteiger partial charge in [-0.25, -0.2) is 0 Å². The van der Waals surface area contributed by atoms with Gasteiger partial charge in [0, 0.05) is 11.0 Å². The first-order valence-electron chi connectivity index (χ1n) is 6.51. The maximum absolute atomic E-state index is 11.9. The van der Waals surface area contributed by atoms with Crippen molar-refractivity contribution in [3.63, 3.8) is 0 Å². The summed E-state index contributed by atoms with van der Waals surface area (Å²) in [6.45, 7) is 2.04. The van der Waals surface area contributed by atoms with E-state index >= 15 is 0 Å². The highest BCUT2D eigenvalue weighted by molar-refractivity contribution is 8.00. The quantitative estimate of drug-likeness (QED) is 0.657. The number of carbonyl (C=O) groups excluding carboxylic acids is 1. The van der Waals surface area contributed by atoms with Crippen LogP contribution in [0.15, 0.2) is 47.4 Å². The van der Waals surface area contributed by atoms with Gasteiger partial charge in [-0.3, -0.25) is 4.79 Å². The molecule has 0 atom stereocenters. The molecule has 21 heavy (non-hydrogen) atoms. The number of hydrogen-bond donors (Lipinski definition) is 2. The zero-order valence-corrected chi connectivity index (χ0v) is 12.9. The molecule has 3 N–H and O–H groups in total. The highest BCUT2D eigenvalue weighted by Crippen LogP contribution is 2.25. The van der Waals surface area contributed by atoms with Gasteiger partial charge in [-0.05, 0) is 31.2 Å². The van der Waals surface area contributed by atoms with Gasteiger partial charge < -0.3 is 15.8 Å². The number of carbonyl (C=O) groups is 1. The van der Waals surface area contributed by atoms with E-state index in [1.54, 1.807) is 25.3 Å². The van der Waals surface area contributed by atoms with Gasteiger partial charge in [0.25, 0.3) is 0 Å². The number of aryl methyl sites for hydroxylation is 1. The number of nitrogen functional groups attached to an aromatic ring is 1. The van der Waals surface area contributed by atoms with Crippen LogP contribution in [0.3, 0.4) is 0 Å². The molecule has 4 nitrogen and oxygen atoms in total. The Hall–Kier alpha value is -2.14. The average Bonchev–Trinajstić information content (AvgIpc) is 2.48. The summed E-state index contributed by atoms with van der Waals surface area (Å²) in [5, 5.41) is 2.80. The molecule has 0 bridgehead atoms. The van der Waals surface area contributed by atoms with E-state index in [1.165, 1.54) is 17.3 Å². The van der Waals surface area contributed by atoms with Gasteiger partial charge in [0.15, 0.2) is 0 Å². The second-order valence-electron chi connectivity index (χ2n) is 4.60. The number of hydrogen-bond acceptors (Lipinski definition) is 4. The molecule has 1 amide bonds. The number of methoxy groups -OCH3 is 1. The minimum Gasteiger partial charge on any atom is -0.497 e. The molecule has 0 saturated heterocycles. The lowest BCUT2D eigenvalue weighted by atomic mass is 10.2. The Labute approximate surface area is 128 Å². The summed E-state index contributed by atoms with van der Waals surface area (Å²) in [5.74, 6) is 0.922. The van der Waals surface area contributed by atoms with Crippen molar-refractivity contribution in [2.75, 3.05) is 23.9 Å².